The van der Waals surface area contributed by atoms with Gasteiger partial charge >= 0.3 is 5.97 Å². The van der Waals surface area contributed by atoms with E-state index >= 15 is 0 Å². The van der Waals surface area contributed by atoms with Crippen molar-refractivity contribution in [2.75, 3.05) is 11.9 Å². The van der Waals surface area contributed by atoms with Crippen LogP contribution in [0.1, 0.15) is 16.6 Å². The second kappa shape index (κ2) is 4.58. The maximum atomic E-state index is 12.0. The molecule has 1 aliphatic heterocycles. The first-order chi connectivity index (χ1) is 8.06. The zero-order valence-corrected chi connectivity index (χ0v) is 11.2. The van der Waals surface area contributed by atoms with Gasteiger partial charge in [-0.15, -0.1) is 11.3 Å². The molecule has 1 N–H and O–H groups in total. The van der Waals surface area contributed by atoms with Crippen molar-refractivity contribution in [1.29, 1.82) is 0 Å². The van der Waals surface area contributed by atoms with Gasteiger partial charge in [0.05, 0.1) is 21.6 Å². The number of esters is 1. The van der Waals surface area contributed by atoms with Crippen LogP contribution in [0.5, 0.6) is 0 Å². The number of anilines is 1. The molecule has 2 heterocycles. The number of carbonyl (C=O) groups is 3. The molecule has 0 aromatic carbocycles. The lowest BCUT2D eigenvalue weighted by atomic mass is 9.98. The van der Waals surface area contributed by atoms with E-state index < -0.39 is 23.6 Å². The Bertz CT molecular complexity index is 510. The Morgan fingerprint density at radius 2 is 2.29 bits per heavy atom. The fraction of sp³-hybridized carbons (Fsp3) is 0.300. The fourth-order valence-corrected chi connectivity index (χ4v) is 3.08. The number of nitrogens with one attached hydrogen (secondary N) is 1. The van der Waals surface area contributed by atoms with E-state index in [0.717, 1.165) is 0 Å². The minimum Gasteiger partial charge on any atom is -0.465 e. The molecule has 1 aromatic rings. The zero-order chi connectivity index (χ0) is 12.6. The summed E-state index contributed by atoms with van der Waals surface area (Å²) in [5.41, 5.74) is 0.436. The van der Waals surface area contributed by atoms with Gasteiger partial charge in [-0.2, -0.15) is 0 Å². The summed E-state index contributed by atoms with van der Waals surface area (Å²) in [6.07, 6.45) is 0. The van der Waals surface area contributed by atoms with Gasteiger partial charge in [0.15, 0.2) is 11.7 Å². The summed E-state index contributed by atoms with van der Waals surface area (Å²) in [5.74, 6) is -3.32. The average molecular weight is 318 g/mol. The molecule has 0 saturated heterocycles. The number of hydrogen-bond acceptors (Lipinski definition) is 5. The highest BCUT2D eigenvalue weighted by Crippen LogP contribution is 2.37. The monoisotopic (exact) mass is 317 g/mol. The number of thiophene rings is 1. The number of rotatable bonds is 2. The van der Waals surface area contributed by atoms with E-state index in [9.17, 15) is 14.4 Å². The summed E-state index contributed by atoms with van der Waals surface area (Å²) in [4.78, 5) is 35.6. The molecule has 1 amide bonds. The molecule has 0 fully saturated rings. The lowest BCUT2D eigenvalue weighted by Crippen LogP contribution is -2.40. The van der Waals surface area contributed by atoms with Crippen molar-refractivity contribution in [3.05, 3.63) is 14.7 Å². The molecule has 5 nitrogen and oxygen atoms in total. The molecule has 0 aliphatic carbocycles. The normalized spacial score (nSPS) is 18.6. The SMILES string of the molecule is CCOC(=O)C1C(=O)Nc2c(Br)csc2C1=O. The Labute approximate surface area is 109 Å². The third kappa shape index (κ3) is 2.00. The standard InChI is InChI=1S/C10H8BrNO4S/c1-2-16-10(15)5-7(13)8-6(12-9(5)14)4(11)3-17-8/h3,5H,2H2,1H3,(H,12,14). The van der Waals surface area contributed by atoms with Gasteiger partial charge in [0.25, 0.3) is 0 Å². The number of halogens is 1. The van der Waals surface area contributed by atoms with Crippen molar-refractivity contribution < 1.29 is 19.1 Å². The van der Waals surface area contributed by atoms with Crippen LogP contribution in [0, 0.1) is 5.92 Å². The molecule has 0 bridgehead atoms. The Morgan fingerprint density at radius 1 is 1.59 bits per heavy atom. The first-order valence-electron chi connectivity index (χ1n) is 4.85. The Morgan fingerprint density at radius 3 is 2.94 bits per heavy atom. The number of ketones is 1. The van der Waals surface area contributed by atoms with Crippen molar-refractivity contribution in [3.63, 3.8) is 0 Å². The van der Waals surface area contributed by atoms with Gasteiger partial charge in [-0.1, -0.05) is 0 Å². The largest absolute Gasteiger partial charge is 0.465 e. The van der Waals surface area contributed by atoms with Crippen molar-refractivity contribution in [3.8, 4) is 0 Å². The summed E-state index contributed by atoms with van der Waals surface area (Å²) in [7, 11) is 0. The minimum absolute atomic E-state index is 0.136. The number of carbonyl (C=O) groups excluding carboxylic acids is 3. The maximum absolute atomic E-state index is 12.0. The number of Topliss-reactive ketones (excluding diaryl/α,β-unsaturated/α-hetero) is 1. The van der Waals surface area contributed by atoms with E-state index in [1.807, 2.05) is 0 Å². The smallest absolute Gasteiger partial charge is 0.326 e. The highest BCUT2D eigenvalue weighted by molar-refractivity contribution is 9.10. The quantitative estimate of drug-likeness (QED) is 0.667. The van der Waals surface area contributed by atoms with Crippen LogP contribution in [-0.4, -0.2) is 24.3 Å². The average Bonchev–Trinajstić information content (AvgIpc) is 2.61. The van der Waals surface area contributed by atoms with Crippen LogP contribution in [0.15, 0.2) is 9.85 Å². The summed E-state index contributed by atoms with van der Waals surface area (Å²) in [6, 6.07) is 0. The Hall–Kier alpha value is -1.21. The van der Waals surface area contributed by atoms with Gasteiger partial charge in [0, 0.05) is 5.38 Å². The molecule has 0 saturated carbocycles. The van der Waals surface area contributed by atoms with Gasteiger partial charge in [0.1, 0.15) is 0 Å². The van der Waals surface area contributed by atoms with E-state index in [0.29, 0.717) is 15.0 Å². The molecule has 1 aliphatic rings. The molecule has 1 aromatic heterocycles. The van der Waals surface area contributed by atoms with Gasteiger partial charge in [0.2, 0.25) is 5.91 Å². The van der Waals surface area contributed by atoms with E-state index in [-0.39, 0.29) is 6.61 Å². The van der Waals surface area contributed by atoms with Crippen molar-refractivity contribution >= 4 is 50.6 Å². The van der Waals surface area contributed by atoms with E-state index in [1.165, 1.54) is 11.3 Å². The predicted molar refractivity (Wildman–Crippen MR) is 65.1 cm³/mol. The first kappa shape index (κ1) is 12.3. The van der Waals surface area contributed by atoms with Gasteiger partial charge in [-0.3, -0.25) is 14.4 Å². The van der Waals surface area contributed by atoms with Crippen LogP contribution in [0.25, 0.3) is 0 Å². The molecule has 0 radical (unpaired) electrons. The van der Waals surface area contributed by atoms with Crippen LogP contribution >= 0.6 is 27.3 Å². The third-order valence-corrected chi connectivity index (χ3v) is 4.19. The number of ether oxygens (including phenoxy) is 1. The Kier molecular flexibility index (Phi) is 3.30. The summed E-state index contributed by atoms with van der Waals surface area (Å²) in [5, 5.41) is 4.22. The van der Waals surface area contributed by atoms with Gasteiger partial charge < -0.3 is 10.1 Å². The molecular weight excluding hydrogens is 310 g/mol. The lowest BCUT2D eigenvalue weighted by molar-refractivity contribution is -0.148. The highest BCUT2D eigenvalue weighted by atomic mass is 79.9. The third-order valence-electron chi connectivity index (χ3n) is 2.26. The molecule has 7 heteroatoms. The summed E-state index contributed by atoms with van der Waals surface area (Å²) >= 11 is 4.40. The second-order valence-electron chi connectivity index (χ2n) is 3.33. The molecule has 17 heavy (non-hydrogen) atoms. The van der Waals surface area contributed by atoms with E-state index in [2.05, 4.69) is 21.2 Å². The molecule has 1 atom stereocenters. The maximum Gasteiger partial charge on any atom is 0.326 e. The van der Waals surface area contributed by atoms with Crippen LogP contribution in [-0.2, 0) is 14.3 Å². The lowest BCUT2D eigenvalue weighted by Gasteiger charge is -2.19. The van der Waals surface area contributed by atoms with Gasteiger partial charge in [-0.05, 0) is 22.9 Å². The van der Waals surface area contributed by atoms with Crippen LogP contribution in [0.3, 0.4) is 0 Å². The van der Waals surface area contributed by atoms with Crippen LogP contribution in [0.2, 0.25) is 0 Å². The van der Waals surface area contributed by atoms with Crippen molar-refractivity contribution in [1.82, 2.24) is 0 Å². The van der Waals surface area contributed by atoms with Crippen molar-refractivity contribution in [2.45, 2.75) is 6.92 Å². The molecule has 2 rings (SSSR count). The summed E-state index contributed by atoms with van der Waals surface area (Å²) in [6.45, 7) is 1.76. The number of amides is 1. The second-order valence-corrected chi connectivity index (χ2v) is 5.06. The first-order valence-corrected chi connectivity index (χ1v) is 6.52. The minimum atomic E-state index is -1.38. The molecule has 90 valence electrons. The molecule has 0 spiro atoms. The molecule has 1 unspecified atom stereocenters. The Balaban J connectivity index is 2.37. The van der Waals surface area contributed by atoms with Crippen LogP contribution in [0.4, 0.5) is 5.69 Å². The topological polar surface area (TPSA) is 72.5 Å². The van der Waals surface area contributed by atoms with Gasteiger partial charge in [-0.25, -0.2) is 0 Å². The fourth-order valence-electron chi connectivity index (χ4n) is 1.52. The van der Waals surface area contributed by atoms with E-state index in [4.69, 9.17) is 4.74 Å². The zero-order valence-electron chi connectivity index (χ0n) is 8.78. The predicted octanol–water partition coefficient (Wildman–Crippen LogP) is 1.82. The summed E-state index contributed by atoms with van der Waals surface area (Å²) < 4.78 is 5.36. The van der Waals surface area contributed by atoms with Crippen LogP contribution < -0.4 is 5.32 Å². The number of fused-ring (bicyclic) bond motifs is 1. The van der Waals surface area contributed by atoms with E-state index in [1.54, 1.807) is 12.3 Å². The number of hydrogen-bond donors (Lipinski definition) is 1. The molecular formula is C10H8BrNO4S. The highest BCUT2D eigenvalue weighted by Gasteiger charge is 2.42. The van der Waals surface area contributed by atoms with Crippen molar-refractivity contribution in [2.24, 2.45) is 5.92 Å².